The van der Waals surface area contributed by atoms with E-state index in [-0.39, 0.29) is 42.2 Å². The van der Waals surface area contributed by atoms with Crippen molar-refractivity contribution in [2.75, 3.05) is 11.4 Å². The lowest BCUT2D eigenvalue weighted by atomic mass is 10.0. The highest BCUT2D eigenvalue weighted by Crippen LogP contribution is 2.37. The first-order valence-electron chi connectivity index (χ1n) is 11.6. The molecule has 2 radical (unpaired) electrons. The van der Waals surface area contributed by atoms with Gasteiger partial charge in [0.25, 0.3) is 0 Å². The zero-order valence-corrected chi connectivity index (χ0v) is 20.8. The molecule has 13 heteroatoms. The molecule has 200 valence electrons. The minimum atomic E-state index is -4.98. The number of anilines is 1. The number of carbonyl (C=O) groups excluding carboxylic acids is 1. The largest absolute Gasteiger partial charge is 0.444 e. The summed E-state index contributed by atoms with van der Waals surface area (Å²) in [5, 5.41) is 0. The highest BCUT2D eigenvalue weighted by Gasteiger charge is 2.41. The molecular formula is C24H27BF6N4O2. The van der Waals surface area contributed by atoms with Crippen LogP contribution in [0.3, 0.4) is 0 Å². The number of carbonyl (C=O) groups is 1. The third-order valence-corrected chi connectivity index (χ3v) is 5.85. The SMILES string of the molecule is [B]c1cnc(N(Cc2cc(C(F)(F)F)cc(C(F)(F)F)c2)C2CC(CC)N(C(=O)OC(C)(C)C)C2)nc1. The maximum Gasteiger partial charge on any atom is 0.416 e. The third kappa shape index (κ3) is 7.29. The van der Waals surface area contributed by atoms with E-state index < -0.39 is 41.2 Å². The number of ether oxygens (including phenoxy) is 1. The minimum Gasteiger partial charge on any atom is -0.444 e. The quantitative estimate of drug-likeness (QED) is 0.399. The second-order valence-electron chi connectivity index (χ2n) is 9.94. The second-order valence-corrected chi connectivity index (χ2v) is 9.94. The van der Waals surface area contributed by atoms with Crippen molar-refractivity contribution in [3.63, 3.8) is 0 Å². The number of benzene rings is 1. The molecule has 6 nitrogen and oxygen atoms in total. The fraction of sp³-hybridized carbons (Fsp3) is 0.542. The van der Waals surface area contributed by atoms with Crippen molar-refractivity contribution < 1.29 is 35.9 Å². The van der Waals surface area contributed by atoms with Gasteiger partial charge in [0.2, 0.25) is 5.95 Å². The lowest BCUT2D eigenvalue weighted by molar-refractivity contribution is -0.143. The molecule has 1 aliphatic rings. The summed E-state index contributed by atoms with van der Waals surface area (Å²) in [6, 6.07) is 0.670. The average molecular weight is 528 g/mol. The van der Waals surface area contributed by atoms with E-state index in [1.54, 1.807) is 20.8 Å². The van der Waals surface area contributed by atoms with Crippen LogP contribution in [-0.2, 0) is 23.6 Å². The van der Waals surface area contributed by atoms with Crippen LogP contribution in [0, 0.1) is 0 Å². The van der Waals surface area contributed by atoms with E-state index in [4.69, 9.17) is 12.6 Å². The van der Waals surface area contributed by atoms with Crippen molar-refractivity contribution in [2.24, 2.45) is 0 Å². The smallest absolute Gasteiger partial charge is 0.416 e. The minimum absolute atomic E-state index is 0.0612. The summed E-state index contributed by atoms with van der Waals surface area (Å²) < 4.78 is 86.1. The summed E-state index contributed by atoms with van der Waals surface area (Å²) in [5.41, 5.74) is -3.58. The maximum absolute atomic E-state index is 13.4. The Morgan fingerprint density at radius 3 is 2.05 bits per heavy atom. The van der Waals surface area contributed by atoms with E-state index >= 15 is 0 Å². The van der Waals surface area contributed by atoms with E-state index in [1.165, 1.54) is 22.2 Å². The van der Waals surface area contributed by atoms with E-state index in [0.29, 0.717) is 25.0 Å². The van der Waals surface area contributed by atoms with Crippen molar-refractivity contribution >= 4 is 25.4 Å². The van der Waals surface area contributed by atoms with E-state index in [9.17, 15) is 31.1 Å². The van der Waals surface area contributed by atoms with Gasteiger partial charge in [0.05, 0.1) is 17.2 Å². The molecule has 2 heterocycles. The molecule has 0 aliphatic carbocycles. The summed E-state index contributed by atoms with van der Waals surface area (Å²) in [5.74, 6) is 0.0612. The number of hydrogen-bond acceptors (Lipinski definition) is 5. The lowest BCUT2D eigenvalue weighted by Crippen LogP contribution is -2.42. The highest BCUT2D eigenvalue weighted by molar-refractivity contribution is 6.31. The van der Waals surface area contributed by atoms with Gasteiger partial charge >= 0.3 is 18.4 Å². The number of hydrogen-bond donors (Lipinski definition) is 0. The van der Waals surface area contributed by atoms with Gasteiger partial charge in [0.1, 0.15) is 13.4 Å². The molecule has 0 saturated carbocycles. The van der Waals surface area contributed by atoms with Gasteiger partial charge in [-0.1, -0.05) is 12.4 Å². The number of likely N-dealkylation sites (tertiary alicyclic amines) is 1. The summed E-state index contributed by atoms with van der Waals surface area (Å²) in [7, 11) is 5.67. The van der Waals surface area contributed by atoms with Gasteiger partial charge in [-0.2, -0.15) is 26.3 Å². The van der Waals surface area contributed by atoms with Crippen molar-refractivity contribution in [1.29, 1.82) is 0 Å². The molecule has 1 aromatic carbocycles. The van der Waals surface area contributed by atoms with Crippen molar-refractivity contribution in [3.05, 3.63) is 47.3 Å². The van der Waals surface area contributed by atoms with Crippen molar-refractivity contribution in [2.45, 2.75) is 77.1 Å². The molecule has 1 fully saturated rings. The topological polar surface area (TPSA) is 58.6 Å². The Kier molecular flexibility index (Phi) is 8.04. The van der Waals surface area contributed by atoms with E-state index in [1.807, 2.05) is 6.92 Å². The Morgan fingerprint density at radius 1 is 1.05 bits per heavy atom. The van der Waals surface area contributed by atoms with Crippen LogP contribution in [-0.4, -0.2) is 53.0 Å². The van der Waals surface area contributed by atoms with Crippen molar-refractivity contribution in [1.82, 2.24) is 14.9 Å². The van der Waals surface area contributed by atoms with Crippen LogP contribution < -0.4 is 10.4 Å². The Morgan fingerprint density at radius 2 is 1.59 bits per heavy atom. The van der Waals surface area contributed by atoms with Crippen LogP contribution in [0.1, 0.15) is 57.2 Å². The fourth-order valence-corrected chi connectivity index (χ4v) is 4.20. The van der Waals surface area contributed by atoms with Gasteiger partial charge in [-0.05, 0) is 57.4 Å². The fourth-order valence-electron chi connectivity index (χ4n) is 4.20. The predicted octanol–water partition coefficient (Wildman–Crippen LogP) is 5.10. The average Bonchev–Trinajstić information content (AvgIpc) is 3.20. The van der Waals surface area contributed by atoms with E-state index in [0.717, 1.165) is 0 Å². The number of alkyl halides is 6. The van der Waals surface area contributed by atoms with Gasteiger partial charge in [0, 0.05) is 31.5 Å². The normalized spacial score (nSPS) is 18.7. The van der Waals surface area contributed by atoms with Crippen LogP contribution in [0.25, 0.3) is 0 Å². The third-order valence-electron chi connectivity index (χ3n) is 5.85. The summed E-state index contributed by atoms with van der Waals surface area (Å²) in [6.07, 6.45) is -6.98. The molecule has 2 atom stereocenters. The van der Waals surface area contributed by atoms with Gasteiger partial charge < -0.3 is 14.5 Å². The molecule has 2 unspecified atom stereocenters. The van der Waals surface area contributed by atoms with Gasteiger partial charge in [-0.15, -0.1) is 0 Å². The molecule has 0 bridgehead atoms. The summed E-state index contributed by atoms with van der Waals surface area (Å²) in [6.45, 7) is 6.79. The Bertz CT molecular complexity index is 1070. The predicted molar refractivity (Wildman–Crippen MR) is 125 cm³/mol. The zero-order chi connectivity index (χ0) is 27.8. The van der Waals surface area contributed by atoms with Gasteiger partial charge in [-0.3, -0.25) is 0 Å². The molecule has 0 spiro atoms. The highest BCUT2D eigenvalue weighted by atomic mass is 19.4. The number of halogens is 6. The van der Waals surface area contributed by atoms with E-state index in [2.05, 4.69) is 9.97 Å². The lowest BCUT2D eigenvalue weighted by Gasteiger charge is -2.30. The molecule has 1 aromatic heterocycles. The van der Waals surface area contributed by atoms with Crippen LogP contribution >= 0.6 is 0 Å². The van der Waals surface area contributed by atoms with Crippen LogP contribution in [0.4, 0.5) is 37.1 Å². The van der Waals surface area contributed by atoms with Crippen LogP contribution in [0.15, 0.2) is 30.6 Å². The van der Waals surface area contributed by atoms with Crippen LogP contribution in [0.5, 0.6) is 0 Å². The standard InChI is InChI=1S/C24H27BF6N4O2/c1-5-18-9-19(13-35(18)21(36)37-22(2,3)4)34(20-32-10-17(25)11-33-20)12-14-6-15(23(26,27)28)8-16(7-14)24(29,30)31/h6-8,10-11,18-19H,5,9,12-13H2,1-4H3. The van der Waals surface area contributed by atoms with Crippen LogP contribution in [0.2, 0.25) is 0 Å². The number of amides is 1. The molecule has 37 heavy (non-hydrogen) atoms. The Labute approximate surface area is 212 Å². The maximum atomic E-state index is 13.4. The first-order chi connectivity index (χ1) is 17.0. The van der Waals surface area contributed by atoms with Gasteiger partial charge in [-0.25, -0.2) is 14.8 Å². The molecule has 1 saturated heterocycles. The molecule has 3 rings (SSSR count). The first kappa shape index (κ1) is 28.6. The molecule has 1 aliphatic heterocycles. The Hall–Kier alpha value is -2.99. The Balaban J connectivity index is 2.01. The summed E-state index contributed by atoms with van der Waals surface area (Å²) in [4.78, 5) is 24.2. The molecule has 2 aromatic rings. The summed E-state index contributed by atoms with van der Waals surface area (Å²) >= 11 is 0. The molecular weight excluding hydrogens is 501 g/mol. The number of aromatic nitrogens is 2. The number of nitrogens with zero attached hydrogens (tertiary/aromatic N) is 4. The second kappa shape index (κ2) is 10.4. The van der Waals surface area contributed by atoms with Gasteiger partial charge in [0.15, 0.2) is 0 Å². The number of rotatable bonds is 5. The van der Waals surface area contributed by atoms with Crippen molar-refractivity contribution in [3.8, 4) is 0 Å². The first-order valence-corrected chi connectivity index (χ1v) is 11.6. The molecule has 0 N–H and O–H groups in total. The molecule has 1 amide bonds. The zero-order valence-electron chi connectivity index (χ0n) is 20.8. The monoisotopic (exact) mass is 528 g/mol.